The fourth-order valence-corrected chi connectivity index (χ4v) is 5.58. The largest absolute Gasteiger partial charge is 0.352 e. The molecule has 0 radical (unpaired) electrons. The summed E-state index contributed by atoms with van der Waals surface area (Å²) in [5, 5.41) is 4.18. The Morgan fingerprint density at radius 1 is 1.19 bits per heavy atom. The molecule has 6 nitrogen and oxygen atoms in total. The van der Waals surface area contributed by atoms with Crippen LogP contribution in [0.5, 0.6) is 0 Å². The molecule has 0 bridgehead atoms. The number of rotatable bonds is 5. The summed E-state index contributed by atoms with van der Waals surface area (Å²) in [6, 6.07) is 8.18. The van der Waals surface area contributed by atoms with Crippen molar-refractivity contribution in [1.82, 2.24) is 15.2 Å². The third kappa shape index (κ3) is 4.92. The minimum atomic E-state index is 0.0188. The van der Waals surface area contributed by atoms with E-state index in [1.165, 1.54) is 16.0 Å². The van der Waals surface area contributed by atoms with Gasteiger partial charge in [0.2, 0.25) is 11.8 Å². The molecule has 1 aromatic heterocycles. The lowest BCUT2D eigenvalue weighted by Gasteiger charge is -2.35. The molecule has 2 amide bonds. The van der Waals surface area contributed by atoms with Gasteiger partial charge in [-0.3, -0.25) is 9.59 Å². The van der Waals surface area contributed by atoms with Crippen LogP contribution in [0.1, 0.15) is 42.0 Å². The molecule has 1 aromatic carbocycles. The Hall–Kier alpha value is -2.41. The van der Waals surface area contributed by atoms with E-state index in [0.717, 1.165) is 56.3 Å². The van der Waals surface area contributed by atoms with E-state index in [-0.39, 0.29) is 23.7 Å². The minimum absolute atomic E-state index is 0.0188. The van der Waals surface area contributed by atoms with E-state index in [1.54, 1.807) is 11.3 Å². The van der Waals surface area contributed by atoms with Gasteiger partial charge in [0.25, 0.3) is 0 Å². The first-order valence-corrected chi connectivity index (χ1v) is 12.1. The molecule has 4 rings (SSSR count). The van der Waals surface area contributed by atoms with Crippen LogP contribution in [0.25, 0.3) is 0 Å². The number of piperazine rings is 1. The number of hydrogen-bond donors (Lipinski definition) is 1. The molecule has 0 saturated carbocycles. The third-order valence-electron chi connectivity index (χ3n) is 6.37. The summed E-state index contributed by atoms with van der Waals surface area (Å²) >= 11 is 1.73. The average Bonchev–Trinajstić information content (AvgIpc) is 3.21. The summed E-state index contributed by atoms with van der Waals surface area (Å²) in [5.74, 6) is 0.445. The fourth-order valence-electron chi connectivity index (χ4n) is 4.34. The van der Waals surface area contributed by atoms with Gasteiger partial charge in [-0.2, -0.15) is 0 Å². The Morgan fingerprint density at radius 2 is 1.94 bits per heavy atom. The van der Waals surface area contributed by atoms with Crippen molar-refractivity contribution in [3.63, 3.8) is 0 Å². The molecule has 2 aliphatic rings. The number of hydrogen-bond acceptors (Lipinski definition) is 5. The van der Waals surface area contributed by atoms with Crippen LogP contribution in [0.2, 0.25) is 0 Å². The van der Waals surface area contributed by atoms with Crippen LogP contribution in [-0.2, 0) is 29.0 Å². The molecule has 1 N–H and O–H groups in total. The first kappa shape index (κ1) is 21.8. The summed E-state index contributed by atoms with van der Waals surface area (Å²) in [6.07, 6.45) is 2.49. The molecule has 7 heteroatoms. The normalized spacial score (nSPS) is 18.8. The van der Waals surface area contributed by atoms with Crippen LogP contribution in [-0.4, -0.2) is 47.9 Å². The van der Waals surface area contributed by atoms with Crippen LogP contribution in [0, 0.1) is 18.8 Å². The maximum atomic E-state index is 12.8. The van der Waals surface area contributed by atoms with E-state index in [2.05, 4.69) is 29.3 Å². The molecule has 31 heavy (non-hydrogen) atoms. The van der Waals surface area contributed by atoms with Crippen LogP contribution < -0.4 is 10.2 Å². The number of carbonyl (C=O) groups excluding carboxylic acids is 2. The molecular weight excluding hydrogens is 408 g/mol. The lowest BCUT2D eigenvalue weighted by molar-refractivity contribution is -0.134. The van der Waals surface area contributed by atoms with Crippen molar-refractivity contribution in [2.24, 2.45) is 11.8 Å². The number of aromatic nitrogens is 1. The number of thiazole rings is 1. The molecule has 1 aliphatic carbocycles. The zero-order valence-corrected chi connectivity index (χ0v) is 19.5. The van der Waals surface area contributed by atoms with Gasteiger partial charge in [0, 0.05) is 49.4 Å². The maximum absolute atomic E-state index is 12.8. The van der Waals surface area contributed by atoms with E-state index in [4.69, 9.17) is 4.98 Å². The van der Waals surface area contributed by atoms with Gasteiger partial charge in [0.05, 0.1) is 5.69 Å². The van der Waals surface area contributed by atoms with Gasteiger partial charge in [0.15, 0.2) is 5.13 Å². The number of benzene rings is 1. The number of nitrogens with zero attached hydrogens (tertiary/aromatic N) is 3. The summed E-state index contributed by atoms with van der Waals surface area (Å²) in [7, 11) is 0. The third-order valence-corrected chi connectivity index (χ3v) is 7.55. The molecule has 1 aliphatic heterocycles. The molecular formula is C24H32N4O2S. The van der Waals surface area contributed by atoms with Crippen molar-refractivity contribution >= 4 is 28.3 Å². The average molecular weight is 441 g/mol. The van der Waals surface area contributed by atoms with Gasteiger partial charge in [-0.1, -0.05) is 38.1 Å². The number of anilines is 1. The highest BCUT2D eigenvalue weighted by atomic mass is 32.1. The second-order valence-corrected chi connectivity index (χ2v) is 9.98. The van der Waals surface area contributed by atoms with Crippen molar-refractivity contribution in [2.45, 2.75) is 46.6 Å². The van der Waals surface area contributed by atoms with E-state index < -0.39 is 0 Å². The molecule has 1 fully saturated rings. The number of fused-ring (bicyclic) bond motifs is 1. The Kier molecular flexibility index (Phi) is 6.60. The summed E-state index contributed by atoms with van der Waals surface area (Å²) < 4.78 is 0. The molecule has 2 aromatic rings. The Morgan fingerprint density at radius 3 is 2.65 bits per heavy atom. The van der Waals surface area contributed by atoms with Gasteiger partial charge in [-0.05, 0) is 37.3 Å². The zero-order valence-electron chi connectivity index (χ0n) is 18.7. The smallest absolute Gasteiger partial charge is 0.225 e. The lowest BCUT2D eigenvalue weighted by atomic mass is 9.90. The number of nitrogens with one attached hydrogen (secondary N) is 1. The van der Waals surface area contributed by atoms with Crippen LogP contribution in [0.4, 0.5) is 5.13 Å². The predicted molar refractivity (Wildman–Crippen MR) is 124 cm³/mol. The van der Waals surface area contributed by atoms with E-state index in [0.29, 0.717) is 6.54 Å². The van der Waals surface area contributed by atoms with Crippen LogP contribution in [0.3, 0.4) is 0 Å². The van der Waals surface area contributed by atoms with Gasteiger partial charge >= 0.3 is 0 Å². The molecule has 166 valence electrons. The summed E-state index contributed by atoms with van der Waals surface area (Å²) in [4.78, 5) is 35.4. The fraction of sp³-hybridized carbons (Fsp3) is 0.542. The molecule has 0 unspecified atom stereocenters. The van der Waals surface area contributed by atoms with Crippen molar-refractivity contribution in [3.8, 4) is 0 Å². The topological polar surface area (TPSA) is 65.5 Å². The molecule has 0 spiro atoms. The van der Waals surface area contributed by atoms with Crippen molar-refractivity contribution in [1.29, 1.82) is 0 Å². The highest BCUT2D eigenvalue weighted by Gasteiger charge is 2.30. The van der Waals surface area contributed by atoms with Gasteiger partial charge in [-0.25, -0.2) is 4.98 Å². The minimum Gasteiger partial charge on any atom is -0.352 e. The van der Waals surface area contributed by atoms with Crippen LogP contribution >= 0.6 is 11.3 Å². The predicted octanol–water partition coefficient (Wildman–Crippen LogP) is 3.18. The number of amides is 2. The highest BCUT2D eigenvalue weighted by Crippen LogP contribution is 2.34. The first-order chi connectivity index (χ1) is 14.9. The quantitative estimate of drug-likeness (QED) is 0.776. The number of aryl methyl sites for hydroxylation is 2. The van der Waals surface area contributed by atoms with Gasteiger partial charge in [-0.15, -0.1) is 11.3 Å². The summed E-state index contributed by atoms with van der Waals surface area (Å²) in [6.45, 7) is 9.73. The van der Waals surface area contributed by atoms with Gasteiger partial charge in [0.1, 0.15) is 0 Å². The zero-order chi connectivity index (χ0) is 22.0. The van der Waals surface area contributed by atoms with E-state index in [1.807, 2.05) is 30.9 Å². The van der Waals surface area contributed by atoms with Gasteiger partial charge < -0.3 is 15.1 Å². The molecule has 1 atom stereocenters. The SMILES string of the molecule is Cc1ccccc1CNC(=O)[C@H]1CCc2nc(N3CCN(C(=O)C(C)C)CC3)sc2C1. The van der Waals surface area contributed by atoms with E-state index >= 15 is 0 Å². The maximum Gasteiger partial charge on any atom is 0.225 e. The molecule has 1 saturated heterocycles. The summed E-state index contributed by atoms with van der Waals surface area (Å²) in [5.41, 5.74) is 3.53. The highest BCUT2D eigenvalue weighted by molar-refractivity contribution is 7.15. The van der Waals surface area contributed by atoms with E-state index in [9.17, 15) is 9.59 Å². The second kappa shape index (κ2) is 9.39. The Balaban J connectivity index is 1.33. The van der Waals surface area contributed by atoms with Crippen molar-refractivity contribution in [2.75, 3.05) is 31.1 Å². The second-order valence-electron chi connectivity index (χ2n) is 8.92. The number of carbonyl (C=O) groups is 2. The van der Waals surface area contributed by atoms with Crippen molar-refractivity contribution < 1.29 is 9.59 Å². The standard InChI is InChI=1S/C24H32N4O2S/c1-16(2)23(30)27-10-12-28(13-11-27)24-26-20-9-8-18(14-21(20)31-24)22(29)25-15-19-7-5-4-6-17(19)3/h4-7,16,18H,8-15H2,1-3H3,(H,25,29)/t18-/m0/s1. The molecule has 2 heterocycles. The Labute approximate surface area is 188 Å². The van der Waals surface area contributed by atoms with Crippen molar-refractivity contribution in [3.05, 3.63) is 46.0 Å². The lowest BCUT2D eigenvalue weighted by Crippen LogP contribution is -2.49. The first-order valence-electron chi connectivity index (χ1n) is 11.3. The monoisotopic (exact) mass is 440 g/mol. The Bertz CT molecular complexity index is 947. The van der Waals surface area contributed by atoms with Crippen LogP contribution in [0.15, 0.2) is 24.3 Å².